The first-order chi connectivity index (χ1) is 9.65. The smallest absolute Gasteiger partial charge is 0.131 e. The number of ether oxygens (including phenoxy) is 1. The lowest BCUT2D eigenvalue weighted by atomic mass is 10.1. The van der Waals surface area contributed by atoms with Crippen LogP contribution in [0.2, 0.25) is 5.02 Å². The standard InChI is InChI=1S/C16H14ClFO2/c17-14-2-1-3-15(18)13(14)9-20-11-5-6-12-10(8-11)4-7-16(12)19/h1-3,5-6,8,16,19H,4,7,9H2/t16-/m1/s1. The number of aliphatic hydroxyl groups excluding tert-OH is 1. The lowest BCUT2D eigenvalue weighted by molar-refractivity contribution is 0.180. The van der Waals surface area contributed by atoms with Crippen LogP contribution in [0.15, 0.2) is 36.4 Å². The van der Waals surface area contributed by atoms with Gasteiger partial charge in [0.05, 0.1) is 11.1 Å². The summed E-state index contributed by atoms with van der Waals surface area (Å²) in [5, 5.41) is 10.1. The van der Waals surface area contributed by atoms with Gasteiger partial charge in [0, 0.05) is 5.56 Å². The fourth-order valence-electron chi connectivity index (χ4n) is 2.49. The van der Waals surface area contributed by atoms with E-state index in [4.69, 9.17) is 16.3 Å². The summed E-state index contributed by atoms with van der Waals surface area (Å²) in [5.74, 6) is 0.297. The van der Waals surface area contributed by atoms with Gasteiger partial charge >= 0.3 is 0 Å². The number of benzene rings is 2. The molecule has 1 atom stereocenters. The van der Waals surface area contributed by atoms with Gasteiger partial charge in [-0.3, -0.25) is 0 Å². The molecule has 0 spiro atoms. The molecular formula is C16H14ClFO2. The third-order valence-electron chi connectivity index (χ3n) is 3.61. The molecule has 0 aromatic heterocycles. The van der Waals surface area contributed by atoms with Gasteiger partial charge in [-0.05, 0) is 48.2 Å². The summed E-state index contributed by atoms with van der Waals surface area (Å²) in [6.07, 6.45) is 1.21. The van der Waals surface area contributed by atoms with Gasteiger partial charge in [-0.1, -0.05) is 23.7 Å². The van der Waals surface area contributed by atoms with Crippen LogP contribution >= 0.6 is 11.6 Å². The largest absolute Gasteiger partial charge is 0.489 e. The molecule has 0 saturated carbocycles. The number of fused-ring (bicyclic) bond motifs is 1. The zero-order valence-electron chi connectivity index (χ0n) is 10.8. The maximum Gasteiger partial charge on any atom is 0.131 e. The highest BCUT2D eigenvalue weighted by atomic mass is 35.5. The summed E-state index contributed by atoms with van der Waals surface area (Å²) in [4.78, 5) is 0. The third-order valence-corrected chi connectivity index (χ3v) is 3.96. The van der Waals surface area contributed by atoms with E-state index in [9.17, 15) is 9.50 Å². The molecule has 1 aliphatic carbocycles. The van der Waals surface area contributed by atoms with E-state index in [0.29, 0.717) is 16.3 Å². The Balaban J connectivity index is 1.76. The molecule has 0 fully saturated rings. The second kappa shape index (κ2) is 5.43. The van der Waals surface area contributed by atoms with Crippen LogP contribution in [0, 0.1) is 5.82 Å². The normalized spacial score (nSPS) is 17.1. The monoisotopic (exact) mass is 292 g/mol. The van der Waals surface area contributed by atoms with Crippen molar-refractivity contribution in [3.05, 3.63) is 63.9 Å². The summed E-state index contributed by atoms with van der Waals surface area (Å²) in [7, 11) is 0. The highest BCUT2D eigenvalue weighted by molar-refractivity contribution is 6.31. The van der Waals surface area contributed by atoms with E-state index in [-0.39, 0.29) is 18.5 Å². The lowest BCUT2D eigenvalue weighted by Crippen LogP contribution is -2.00. The molecule has 0 unspecified atom stereocenters. The lowest BCUT2D eigenvalue weighted by Gasteiger charge is -2.10. The number of halogens is 2. The van der Waals surface area contributed by atoms with Crippen molar-refractivity contribution in [1.82, 2.24) is 0 Å². The molecule has 0 saturated heterocycles. The first kappa shape index (κ1) is 13.4. The number of rotatable bonds is 3. The topological polar surface area (TPSA) is 29.5 Å². The molecule has 0 amide bonds. The zero-order chi connectivity index (χ0) is 14.1. The molecule has 0 bridgehead atoms. The number of aliphatic hydroxyl groups is 1. The minimum Gasteiger partial charge on any atom is -0.489 e. The Morgan fingerprint density at radius 1 is 1.30 bits per heavy atom. The number of hydrogen-bond acceptors (Lipinski definition) is 2. The Labute approximate surface area is 121 Å². The molecule has 2 aromatic rings. The first-order valence-electron chi connectivity index (χ1n) is 6.52. The van der Waals surface area contributed by atoms with Crippen molar-refractivity contribution < 1.29 is 14.2 Å². The summed E-state index contributed by atoms with van der Waals surface area (Å²) >= 11 is 5.96. The molecule has 20 heavy (non-hydrogen) atoms. The van der Waals surface area contributed by atoms with Gasteiger partial charge in [-0.25, -0.2) is 4.39 Å². The predicted octanol–water partition coefficient (Wildman–Crippen LogP) is 4.04. The van der Waals surface area contributed by atoms with Crippen LogP contribution in [0.4, 0.5) is 4.39 Å². The van der Waals surface area contributed by atoms with E-state index in [1.165, 1.54) is 6.07 Å². The van der Waals surface area contributed by atoms with Gasteiger partial charge in [0.1, 0.15) is 18.2 Å². The summed E-state index contributed by atoms with van der Waals surface area (Å²) in [6.45, 7) is 0.0901. The van der Waals surface area contributed by atoms with Gasteiger partial charge < -0.3 is 9.84 Å². The molecule has 1 N–H and O–H groups in total. The van der Waals surface area contributed by atoms with E-state index in [1.807, 2.05) is 12.1 Å². The van der Waals surface area contributed by atoms with E-state index in [1.54, 1.807) is 18.2 Å². The molecule has 0 radical (unpaired) electrons. The summed E-state index contributed by atoms with van der Waals surface area (Å²) < 4.78 is 19.2. The molecule has 104 valence electrons. The zero-order valence-corrected chi connectivity index (χ0v) is 11.5. The van der Waals surface area contributed by atoms with E-state index < -0.39 is 0 Å². The fraction of sp³-hybridized carbons (Fsp3) is 0.250. The van der Waals surface area contributed by atoms with Crippen molar-refractivity contribution in [2.24, 2.45) is 0 Å². The van der Waals surface area contributed by atoms with Crippen LogP contribution in [-0.4, -0.2) is 5.11 Å². The average Bonchev–Trinajstić information content (AvgIpc) is 2.79. The maximum atomic E-state index is 13.6. The van der Waals surface area contributed by atoms with Crippen LogP contribution < -0.4 is 4.74 Å². The number of aryl methyl sites for hydroxylation is 1. The van der Waals surface area contributed by atoms with Crippen molar-refractivity contribution in [3.8, 4) is 5.75 Å². The van der Waals surface area contributed by atoms with Crippen molar-refractivity contribution in [3.63, 3.8) is 0 Å². The van der Waals surface area contributed by atoms with Gasteiger partial charge in [0.25, 0.3) is 0 Å². The van der Waals surface area contributed by atoms with Crippen LogP contribution in [0.3, 0.4) is 0 Å². The number of hydrogen-bond donors (Lipinski definition) is 1. The Kier molecular flexibility index (Phi) is 3.64. The average molecular weight is 293 g/mol. The Morgan fingerprint density at radius 3 is 2.95 bits per heavy atom. The van der Waals surface area contributed by atoms with Crippen molar-refractivity contribution in [2.75, 3.05) is 0 Å². The van der Waals surface area contributed by atoms with Crippen LogP contribution in [-0.2, 0) is 13.0 Å². The first-order valence-corrected chi connectivity index (χ1v) is 6.89. The molecule has 1 aliphatic rings. The SMILES string of the molecule is O[C@@H]1CCc2cc(OCc3c(F)cccc3Cl)ccc21. The maximum absolute atomic E-state index is 13.6. The van der Waals surface area contributed by atoms with Gasteiger partial charge in [0.15, 0.2) is 0 Å². The van der Waals surface area contributed by atoms with Gasteiger partial charge in [-0.2, -0.15) is 0 Å². The molecule has 4 heteroatoms. The highest BCUT2D eigenvalue weighted by Crippen LogP contribution is 2.33. The highest BCUT2D eigenvalue weighted by Gasteiger charge is 2.20. The van der Waals surface area contributed by atoms with Crippen molar-refractivity contribution in [1.29, 1.82) is 0 Å². The quantitative estimate of drug-likeness (QED) is 0.925. The van der Waals surface area contributed by atoms with E-state index >= 15 is 0 Å². The third kappa shape index (κ3) is 2.51. The Bertz CT molecular complexity index is 622. The van der Waals surface area contributed by atoms with Gasteiger partial charge in [0.2, 0.25) is 0 Å². The van der Waals surface area contributed by atoms with Crippen LogP contribution in [0.25, 0.3) is 0 Å². The minimum absolute atomic E-state index is 0.0901. The molecule has 0 aliphatic heterocycles. The molecule has 3 rings (SSSR count). The Morgan fingerprint density at radius 2 is 2.15 bits per heavy atom. The molecule has 2 aromatic carbocycles. The van der Waals surface area contributed by atoms with Crippen LogP contribution in [0.5, 0.6) is 5.75 Å². The molecule has 2 nitrogen and oxygen atoms in total. The minimum atomic E-state index is -0.375. The molecule has 0 heterocycles. The predicted molar refractivity (Wildman–Crippen MR) is 75.5 cm³/mol. The second-order valence-corrected chi connectivity index (χ2v) is 5.31. The van der Waals surface area contributed by atoms with Crippen molar-refractivity contribution >= 4 is 11.6 Å². The summed E-state index contributed by atoms with van der Waals surface area (Å²) in [6, 6.07) is 10.1. The second-order valence-electron chi connectivity index (χ2n) is 4.90. The van der Waals surface area contributed by atoms with Crippen molar-refractivity contribution in [2.45, 2.75) is 25.6 Å². The Hall–Kier alpha value is -1.58. The molecular weight excluding hydrogens is 279 g/mol. The summed E-state index contributed by atoms with van der Waals surface area (Å²) in [5.41, 5.74) is 2.41. The van der Waals surface area contributed by atoms with Crippen LogP contribution in [0.1, 0.15) is 29.2 Å². The van der Waals surface area contributed by atoms with Gasteiger partial charge in [-0.15, -0.1) is 0 Å². The fourth-order valence-corrected chi connectivity index (χ4v) is 2.70. The van der Waals surface area contributed by atoms with E-state index in [0.717, 1.165) is 24.0 Å². The van der Waals surface area contributed by atoms with E-state index in [2.05, 4.69) is 0 Å².